The second kappa shape index (κ2) is 16.1. The van der Waals surface area contributed by atoms with Crippen molar-refractivity contribution in [2.75, 3.05) is 21.3 Å². The summed E-state index contributed by atoms with van der Waals surface area (Å²) in [5.41, 5.74) is 5.53. The summed E-state index contributed by atoms with van der Waals surface area (Å²) >= 11 is 18.0. The number of halogens is 3. The highest BCUT2D eigenvalue weighted by Gasteiger charge is 2.13. The van der Waals surface area contributed by atoms with Crippen LogP contribution in [0, 0.1) is 0 Å². The molecule has 54 heavy (non-hydrogen) atoms. The van der Waals surface area contributed by atoms with Gasteiger partial charge in [0.25, 0.3) is 0 Å². The average molecular weight is 785 g/mol. The molecule has 0 aliphatic carbocycles. The van der Waals surface area contributed by atoms with Gasteiger partial charge in [0.1, 0.15) is 17.2 Å². The van der Waals surface area contributed by atoms with Gasteiger partial charge in [-0.1, -0.05) is 36.4 Å². The maximum Gasteiger partial charge on any atom is 0.329 e. The van der Waals surface area contributed by atoms with E-state index in [4.69, 9.17) is 63.2 Å². The van der Waals surface area contributed by atoms with Crippen LogP contribution < -0.4 is 28.4 Å². The number of hydrogen-bond acceptors (Lipinski definition) is 15. The first-order valence-electron chi connectivity index (χ1n) is 15.6. The second-order valence-electron chi connectivity index (χ2n) is 10.8. The van der Waals surface area contributed by atoms with Crippen LogP contribution in [0.4, 0.5) is 0 Å². The van der Waals surface area contributed by atoms with Crippen molar-refractivity contribution in [3.8, 4) is 86.7 Å². The minimum absolute atomic E-state index is 0.000747. The standard InChI is InChI=1S/C36H24Cl3N9O6/c1-49-31-40-28(37)43-34(46-31)52-25-10-4-19(5-11-25)22-16-23(20-6-12-26(13-7-20)53-35-44-29(38)41-32(47-35)50-2)18-24(17-22)21-8-14-27(15-9-21)54-36-45-30(39)42-33(48-36)51-3/h4-18H,1-3H3. The summed E-state index contributed by atoms with van der Waals surface area (Å²) < 4.78 is 32.7. The number of ether oxygens (including phenoxy) is 6. The lowest BCUT2D eigenvalue weighted by atomic mass is 9.93. The summed E-state index contributed by atoms with van der Waals surface area (Å²) in [7, 11) is 4.27. The molecule has 0 N–H and O–H groups in total. The Hall–Kier alpha value is -6.42. The van der Waals surface area contributed by atoms with Gasteiger partial charge in [0.05, 0.1) is 21.3 Å². The number of hydrogen-bond donors (Lipinski definition) is 0. The molecular formula is C36H24Cl3N9O6. The first kappa shape index (κ1) is 36.0. The second-order valence-corrected chi connectivity index (χ2v) is 11.8. The van der Waals surface area contributed by atoms with Gasteiger partial charge in [0.15, 0.2) is 0 Å². The molecule has 0 radical (unpaired) electrons. The van der Waals surface area contributed by atoms with Gasteiger partial charge in [-0.15, -0.1) is 15.0 Å². The Kier molecular flexibility index (Phi) is 10.7. The molecule has 0 bridgehead atoms. The van der Waals surface area contributed by atoms with Crippen LogP contribution in [-0.2, 0) is 0 Å². The summed E-state index contributed by atoms with van der Waals surface area (Å²) in [6.07, 6.45) is 0. The van der Waals surface area contributed by atoms with E-state index in [1.807, 2.05) is 36.4 Å². The van der Waals surface area contributed by atoms with E-state index in [1.54, 1.807) is 36.4 Å². The van der Waals surface area contributed by atoms with Crippen molar-refractivity contribution in [2.45, 2.75) is 0 Å². The van der Waals surface area contributed by atoms with Crippen molar-refractivity contribution in [1.29, 1.82) is 0 Å². The van der Waals surface area contributed by atoms with E-state index in [0.717, 1.165) is 33.4 Å². The molecule has 270 valence electrons. The molecule has 0 amide bonds. The quantitative estimate of drug-likeness (QED) is 0.115. The molecule has 3 aromatic heterocycles. The van der Waals surface area contributed by atoms with E-state index in [0.29, 0.717) is 17.2 Å². The minimum atomic E-state index is -0.0531. The van der Waals surface area contributed by atoms with Crippen LogP contribution in [0.15, 0.2) is 91.0 Å². The molecule has 0 atom stereocenters. The summed E-state index contributed by atoms with van der Waals surface area (Å²) in [6.45, 7) is 0. The summed E-state index contributed by atoms with van der Waals surface area (Å²) in [5.74, 6) is 1.46. The molecule has 0 aliphatic rings. The summed E-state index contributed by atoms with van der Waals surface area (Å²) in [4.78, 5) is 35.9. The third-order valence-corrected chi connectivity index (χ3v) is 7.88. The van der Waals surface area contributed by atoms with Crippen molar-refractivity contribution in [2.24, 2.45) is 0 Å². The highest BCUT2D eigenvalue weighted by molar-refractivity contribution is 6.28. The molecule has 15 nitrogen and oxygen atoms in total. The number of methoxy groups -OCH3 is 3. The normalized spacial score (nSPS) is 10.8. The zero-order valence-corrected chi connectivity index (χ0v) is 30.5. The van der Waals surface area contributed by atoms with E-state index in [1.165, 1.54) is 21.3 Å². The van der Waals surface area contributed by atoms with Crippen LogP contribution in [-0.4, -0.2) is 66.2 Å². The van der Waals surface area contributed by atoms with Crippen LogP contribution >= 0.6 is 34.8 Å². The van der Waals surface area contributed by atoms with E-state index in [9.17, 15) is 0 Å². The molecule has 3 heterocycles. The zero-order valence-electron chi connectivity index (χ0n) is 28.3. The van der Waals surface area contributed by atoms with Crippen molar-refractivity contribution >= 4 is 34.8 Å². The lowest BCUT2D eigenvalue weighted by Crippen LogP contribution is -1.98. The largest absolute Gasteiger partial charge is 0.467 e. The maximum absolute atomic E-state index is 5.98. The number of rotatable bonds is 12. The van der Waals surface area contributed by atoms with Gasteiger partial charge < -0.3 is 28.4 Å². The first-order chi connectivity index (χ1) is 26.2. The smallest absolute Gasteiger partial charge is 0.329 e. The highest BCUT2D eigenvalue weighted by atomic mass is 35.5. The van der Waals surface area contributed by atoms with Gasteiger partial charge >= 0.3 is 36.1 Å². The van der Waals surface area contributed by atoms with E-state index in [2.05, 4.69) is 63.1 Å². The number of benzene rings is 4. The molecule has 0 fully saturated rings. The molecule has 0 saturated heterocycles. The van der Waals surface area contributed by atoms with E-state index < -0.39 is 0 Å². The third-order valence-electron chi connectivity index (χ3n) is 7.37. The van der Waals surface area contributed by atoms with Crippen molar-refractivity contribution < 1.29 is 28.4 Å². The van der Waals surface area contributed by atoms with Gasteiger partial charge in [-0.25, -0.2) is 0 Å². The molecule has 4 aromatic carbocycles. The Labute approximate surface area is 321 Å². The predicted octanol–water partition coefficient (Wildman–Crippen LogP) is 8.61. The molecule has 18 heteroatoms. The fraction of sp³-hybridized carbons (Fsp3) is 0.0833. The average Bonchev–Trinajstić information content (AvgIpc) is 3.18. The Morgan fingerprint density at radius 3 is 0.796 bits per heavy atom. The fourth-order valence-corrected chi connectivity index (χ4v) is 5.38. The molecule has 0 aliphatic heterocycles. The Morgan fingerprint density at radius 2 is 0.556 bits per heavy atom. The first-order valence-corrected chi connectivity index (χ1v) is 16.7. The van der Waals surface area contributed by atoms with Crippen LogP contribution in [0.1, 0.15) is 0 Å². The lowest BCUT2D eigenvalue weighted by Gasteiger charge is -2.13. The van der Waals surface area contributed by atoms with Crippen molar-refractivity contribution in [3.63, 3.8) is 0 Å². The van der Waals surface area contributed by atoms with Crippen LogP contribution in [0.3, 0.4) is 0 Å². The van der Waals surface area contributed by atoms with Gasteiger partial charge in [-0.05, 0) is 123 Å². The van der Waals surface area contributed by atoms with Gasteiger partial charge in [0, 0.05) is 0 Å². The Morgan fingerprint density at radius 1 is 0.315 bits per heavy atom. The Balaban J connectivity index is 1.20. The molecule has 0 spiro atoms. The minimum Gasteiger partial charge on any atom is -0.467 e. The molecule has 0 saturated carbocycles. The molecule has 7 aromatic rings. The third kappa shape index (κ3) is 8.78. The van der Waals surface area contributed by atoms with Gasteiger partial charge in [-0.2, -0.15) is 29.9 Å². The SMILES string of the molecule is COc1nc(Cl)nc(Oc2ccc(-c3cc(-c4ccc(Oc5nc(Cl)nc(OC)n5)cc4)cc(-c4ccc(Oc5nc(Cl)nc(OC)n5)cc4)c3)cc2)n1. The number of nitrogens with zero attached hydrogens (tertiary/aromatic N) is 9. The summed E-state index contributed by atoms with van der Waals surface area (Å²) in [6, 6.07) is 28.7. The maximum atomic E-state index is 5.98. The van der Waals surface area contributed by atoms with Crippen molar-refractivity contribution in [3.05, 3.63) is 107 Å². The van der Waals surface area contributed by atoms with Crippen LogP contribution in [0.5, 0.6) is 53.3 Å². The lowest BCUT2D eigenvalue weighted by molar-refractivity contribution is 0.358. The van der Waals surface area contributed by atoms with Gasteiger partial charge in [0.2, 0.25) is 15.9 Å². The van der Waals surface area contributed by atoms with Crippen molar-refractivity contribution in [1.82, 2.24) is 44.9 Å². The topological polar surface area (TPSA) is 171 Å². The molecule has 0 unspecified atom stereocenters. The Bertz CT molecular complexity index is 2150. The van der Waals surface area contributed by atoms with E-state index >= 15 is 0 Å². The monoisotopic (exact) mass is 783 g/mol. The fourth-order valence-electron chi connectivity index (χ4n) is 4.94. The summed E-state index contributed by atoms with van der Waals surface area (Å²) in [5, 5.41) is -0.159. The van der Waals surface area contributed by atoms with E-state index in [-0.39, 0.29) is 51.9 Å². The van der Waals surface area contributed by atoms with Gasteiger partial charge in [-0.3, -0.25) is 0 Å². The molecular weight excluding hydrogens is 761 g/mol. The number of aromatic nitrogens is 9. The molecule has 7 rings (SSSR count). The predicted molar refractivity (Wildman–Crippen MR) is 197 cm³/mol. The van der Waals surface area contributed by atoms with Crippen LogP contribution in [0.2, 0.25) is 15.9 Å². The highest BCUT2D eigenvalue weighted by Crippen LogP contribution is 2.36. The zero-order chi connectivity index (χ0) is 37.6. The van der Waals surface area contributed by atoms with Crippen LogP contribution in [0.25, 0.3) is 33.4 Å².